The molecule has 26 heavy (non-hydrogen) atoms. The third kappa shape index (κ3) is 3.49. The first-order chi connectivity index (χ1) is 12.3. The fourth-order valence-electron chi connectivity index (χ4n) is 3.29. The Morgan fingerprint density at radius 3 is 2.50 bits per heavy atom. The average Bonchev–Trinajstić information content (AvgIpc) is 3.17. The molecule has 2 heterocycles. The lowest BCUT2D eigenvalue weighted by Crippen LogP contribution is -2.30. The smallest absolute Gasteiger partial charge is 0.341 e. The molecular weight excluding hydrogens is 330 g/mol. The summed E-state index contributed by atoms with van der Waals surface area (Å²) >= 11 is 0. The van der Waals surface area contributed by atoms with E-state index >= 15 is 0 Å². The molecule has 1 aromatic carbocycles. The number of rotatable bonds is 4. The van der Waals surface area contributed by atoms with Crippen molar-refractivity contribution in [1.82, 2.24) is 14.7 Å². The predicted molar refractivity (Wildman–Crippen MR) is 98.6 cm³/mol. The van der Waals surface area contributed by atoms with Gasteiger partial charge >= 0.3 is 5.97 Å². The number of hydrogen-bond acceptors (Lipinski definition) is 4. The zero-order chi connectivity index (χ0) is 18.9. The first-order valence-corrected chi connectivity index (χ1v) is 8.94. The molecule has 6 nitrogen and oxygen atoms in total. The Morgan fingerprint density at radius 2 is 1.92 bits per heavy atom. The van der Waals surface area contributed by atoms with Crippen LogP contribution in [0.1, 0.15) is 53.6 Å². The Kier molecular flexibility index (Phi) is 4.85. The molecular formula is C20H25N3O3. The maximum absolute atomic E-state index is 12.7. The summed E-state index contributed by atoms with van der Waals surface area (Å²) < 4.78 is 6.72. The van der Waals surface area contributed by atoms with Gasteiger partial charge in [0.15, 0.2) is 0 Å². The van der Waals surface area contributed by atoms with Crippen LogP contribution in [0.25, 0.3) is 5.69 Å². The van der Waals surface area contributed by atoms with Crippen molar-refractivity contribution in [2.75, 3.05) is 19.7 Å². The second kappa shape index (κ2) is 6.94. The molecule has 0 N–H and O–H groups in total. The second-order valence-corrected chi connectivity index (χ2v) is 7.46. The second-order valence-electron chi connectivity index (χ2n) is 7.46. The van der Waals surface area contributed by atoms with E-state index in [4.69, 9.17) is 4.74 Å². The first kappa shape index (κ1) is 18.2. The van der Waals surface area contributed by atoms with Crippen LogP contribution in [0.4, 0.5) is 0 Å². The molecule has 0 bridgehead atoms. The van der Waals surface area contributed by atoms with Crippen molar-refractivity contribution in [2.24, 2.45) is 5.41 Å². The third-order valence-electron chi connectivity index (χ3n) is 4.83. The van der Waals surface area contributed by atoms with Crippen molar-refractivity contribution in [1.29, 1.82) is 0 Å². The lowest BCUT2D eigenvalue weighted by Gasteiger charge is -2.20. The van der Waals surface area contributed by atoms with Gasteiger partial charge in [-0.05, 0) is 49.9 Å². The van der Waals surface area contributed by atoms with Crippen molar-refractivity contribution in [2.45, 2.75) is 34.1 Å². The van der Waals surface area contributed by atoms with Crippen LogP contribution in [0.2, 0.25) is 0 Å². The van der Waals surface area contributed by atoms with Gasteiger partial charge in [0.2, 0.25) is 0 Å². The van der Waals surface area contributed by atoms with Crippen LogP contribution in [0.5, 0.6) is 0 Å². The normalized spacial score (nSPS) is 15.9. The lowest BCUT2D eigenvalue weighted by molar-refractivity contribution is 0.0525. The molecule has 3 rings (SSSR count). The summed E-state index contributed by atoms with van der Waals surface area (Å²) in [5, 5.41) is 4.28. The van der Waals surface area contributed by atoms with Gasteiger partial charge in [-0.3, -0.25) is 4.79 Å². The van der Waals surface area contributed by atoms with E-state index in [2.05, 4.69) is 18.9 Å². The molecule has 1 aliphatic heterocycles. The fraction of sp³-hybridized carbons (Fsp3) is 0.450. The number of carbonyl (C=O) groups is 2. The van der Waals surface area contributed by atoms with Crippen LogP contribution in [-0.2, 0) is 4.74 Å². The Morgan fingerprint density at radius 1 is 1.23 bits per heavy atom. The maximum atomic E-state index is 12.7. The lowest BCUT2D eigenvalue weighted by atomic mass is 9.93. The van der Waals surface area contributed by atoms with E-state index < -0.39 is 0 Å². The molecule has 2 aromatic rings. The minimum Gasteiger partial charge on any atom is -0.462 e. The van der Waals surface area contributed by atoms with Gasteiger partial charge in [0.05, 0.1) is 24.2 Å². The van der Waals surface area contributed by atoms with Crippen molar-refractivity contribution >= 4 is 11.9 Å². The number of aromatic nitrogens is 2. The number of ether oxygens (including phenoxy) is 1. The number of esters is 1. The molecule has 1 saturated heterocycles. The Hall–Kier alpha value is -2.63. The van der Waals surface area contributed by atoms with E-state index in [1.165, 1.54) is 6.20 Å². The van der Waals surface area contributed by atoms with E-state index in [1.54, 1.807) is 11.6 Å². The first-order valence-electron chi connectivity index (χ1n) is 8.94. The summed E-state index contributed by atoms with van der Waals surface area (Å²) in [4.78, 5) is 26.5. The molecule has 138 valence electrons. The van der Waals surface area contributed by atoms with Gasteiger partial charge in [0, 0.05) is 18.7 Å². The summed E-state index contributed by atoms with van der Waals surface area (Å²) in [6.07, 6.45) is 2.54. The Labute approximate surface area is 153 Å². The van der Waals surface area contributed by atoms with Crippen LogP contribution in [0.3, 0.4) is 0 Å². The monoisotopic (exact) mass is 355 g/mol. The van der Waals surface area contributed by atoms with E-state index in [0.717, 1.165) is 25.2 Å². The van der Waals surface area contributed by atoms with E-state index in [9.17, 15) is 9.59 Å². The van der Waals surface area contributed by atoms with Gasteiger partial charge in [-0.15, -0.1) is 0 Å². The fourth-order valence-corrected chi connectivity index (χ4v) is 3.29. The Balaban J connectivity index is 1.78. The average molecular weight is 355 g/mol. The van der Waals surface area contributed by atoms with Crippen LogP contribution in [0.15, 0.2) is 30.5 Å². The minimum atomic E-state index is -0.375. The zero-order valence-electron chi connectivity index (χ0n) is 15.8. The molecule has 1 aromatic heterocycles. The molecule has 0 spiro atoms. The summed E-state index contributed by atoms with van der Waals surface area (Å²) in [6, 6.07) is 7.33. The largest absolute Gasteiger partial charge is 0.462 e. The highest BCUT2D eigenvalue weighted by molar-refractivity contribution is 5.94. The summed E-state index contributed by atoms with van der Waals surface area (Å²) in [7, 11) is 0. The maximum Gasteiger partial charge on any atom is 0.341 e. The number of hydrogen-bond donors (Lipinski definition) is 0. The van der Waals surface area contributed by atoms with Crippen LogP contribution in [0, 0.1) is 12.3 Å². The van der Waals surface area contributed by atoms with Crippen LogP contribution < -0.4 is 0 Å². The number of amides is 1. The summed E-state index contributed by atoms with van der Waals surface area (Å²) in [5.74, 6) is -0.314. The molecule has 0 radical (unpaired) electrons. The summed E-state index contributed by atoms with van der Waals surface area (Å²) in [5.41, 5.74) is 2.82. The molecule has 0 aliphatic carbocycles. The highest BCUT2D eigenvalue weighted by atomic mass is 16.5. The topological polar surface area (TPSA) is 64.4 Å². The predicted octanol–water partition coefficient (Wildman–Crippen LogP) is 3.23. The van der Waals surface area contributed by atoms with Gasteiger partial charge in [-0.1, -0.05) is 13.8 Å². The van der Waals surface area contributed by atoms with Gasteiger partial charge < -0.3 is 9.64 Å². The molecule has 0 unspecified atom stereocenters. The molecule has 1 aliphatic rings. The van der Waals surface area contributed by atoms with E-state index in [0.29, 0.717) is 23.4 Å². The molecule has 0 saturated carbocycles. The van der Waals surface area contributed by atoms with Crippen molar-refractivity contribution in [3.63, 3.8) is 0 Å². The minimum absolute atomic E-state index is 0.0616. The highest BCUT2D eigenvalue weighted by Gasteiger charge is 2.32. The van der Waals surface area contributed by atoms with Crippen LogP contribution >= 0.6 is 0 Å². The van der Waals surface area contributed by atoms with Gasteiger partial charge in [-0.2, -0.15) is 5.10 Å². The SMILES string of the molecule is CCOC(=O)c1cnn(-c2ccc(C(=O)N3CCC(C)(C)C3)cc2)c1C. The van der Waals surface area contributed by atoms with Crippen molar-refractivity contribution in [3.05, 3.63) is 47.3 Å². The van der Waals surface area contributed by atoms with Crippen molar-refractivity contribution in [3.8, 4) is 5.69 Å². The molecule has 6 heteroatoms. The molecule has 1 amide bonds. The van der Waals surface area contributed by atoms with Crippen LogP contribution in [-0.4, -0.2) is 46.3 Å². The summed E-state index contributed by atoms with van der Waals surface area (Å²) in [6.45, 7) is 9.88. The van der Waals surface area contributed by atoms with Gasteiger partial charge in [0.25, 0.3) is 5.91 Å². The number of likely N-dealkylation sites (tertiary alicyclic amines) is 1. The van der Waals surface area contributed by atoms with Gasteiger partial charge in [0.1, 0.15) is 5.56 Å². The van der Waals surface area contributed by atoms with E-state index in [1.807, 2.05) is 36.1 Å². The molecule has 0 atom stereocenters. The number of carbonyl (C=O) groups excluding carboxylic acids is 2. The van der Waals surface area contributed by atoms with Crippen molar-refractivity contribution < 1.29 is 14.3 Å². The standard InChI is InChI=1S/C20H25N3O3/c1-5-26-19(25)17-12-21-23(14(17)2)16-8-6-15(7-9-16)18(24)22-11-10-20(3,4)13-22/h6-9,12H,5,10-11,13H2,1-4H3. The zero-order valence-corrected chi connectivity index (χ0v) is 15.8. The quantitative estimate of drug-likeness (QED) is 0.790. The van der Waals surface area contributed by atoms with E-state index in [-0.39, 0.29) is 17.3 Å². The van der Waals surface area contributed by atoms with Gasteiger partial charge in [-0.25, -0.2) is 9.48 Å². The molecule has 1 fully saturated rings. The number of nitrogens with zero attached hydrogens (tertiary/aromatic N) is 3. The third-order valence-corrected chi connectivity index (χ3v) is 4.83. The highest BCUT2D eigenvalue weighted by Crippen LogP contribution is 2.29. The Bertz CT molecular complexity index is 821. The number of benzene rings is 1.